The second kappa shape index (κ2) is 12.4. The van der Waals surface area contributed by atoms with Crippen molar-refractivity contribution >= 4 is 11.9 Å². The number of carbonyl (C=O) groups is 2. The Hall–Kier alpha value is -2.92. The third kappa shape index (κ3) is 7.86. The maximum absolute atomic E-state index is 11.3. The van der Waals surface area contributed by atoms with E-state index in [1.807, 2.05) is 12.1 Å². The molecule has 0 atom stereocenters. The Morgan fingerprint density at radius 1 is 0.727 bits per heavy atom. The quantitative estimate of drug-likeness (QED) is 0.499. The number of aromatic carboxylic acids is 2. The first-order valence-electron chi connectivity index (χ1n) is 11.1. The van der Waals surface area contributed by atoms with Gasteiger partial charge < -0.3 is 20.2 Å². The SMILES string of the molecule is O=C(O)c1cccc(CN2CCN(CCCO)CCN(Cc3cccc(C(=O)O)n3)CC2)n1. The van der Waals surface area contributed by atoms with Gasteiger partial charge in [-0.25, -0.2) is 19.6 Å². The van der Waals surface area contributed by atoms with Crippen LogP contribution in [-0.2, 0) is 13.1 Å². The number of hydrogen-bond acceptors (Lipinski definition) is 8. The highest BCUT2D eigenvalue weighted by molar-refractivity contribution is 5.85. The predicted octanol–water partition coefficient (Wildman–Crippen LogP) is 0.875. The van der Waals surface area contributed by atoms with Gasteiger partial charge in [0, 0.05) is 65.5 Å². The molecule has 0 radical (unpaired) electrons. The number of aromatic nitrogens is 2. The van der Waals surface area contributed by atoms with E-state index in [-0.39, 0.29) is 18.0 Å². The van der Waals surface area contributed by atoms with Crippen molar-refractivity contribution in [3.8, 4) is 0 Å². The highest BCUT2D eigenvalue weighted by Gasteiger charge is 2.18. The molecule has 33 heavy (non-hydrogen) atoms. The number of carboxylic acid groups (broad SMARTS) is 2. The molecule has 3 rings (SSSR count). The van der Waals surface area contributed by atoms with Gasteiger partial charge in [0.25, 0.3) is 0 Å². The van der Waals surface area contributed by atoms with Gasteiger partial charge in [-0.3, -0.25) is 9.80 Å². The molecule has 2 aromatic heterocycles. The van der Waals surface area contributed by atoms with Gasteiger partial charge in [-0.2, -0.15) is 0 Å². The van der Waals surface area contributed by atoms with Gasteiger partial charge >= 0.3 is 11.9 Å². The molecule has 10 heteroatoms. The number of rotatable bonds is 9. The van der Waals surface area contributed by atoms with Crippen LogP contribution in [0.3, 0.4) is 0 Å². The molecule has 0 bridgehead atoms. The van der Waals surface area contributed by atoms with Crippen molar-refractivity contribution in [2.24, 2.45) is 0 Å². The van der Waals surface area contributed by atoms with Crippen LogP contribution in [0.25, 0.3) is 0 Å². The first kappa shape index (κ1) is 24.7. The van der Waals surface area contributed by atoms with Crippen molar-refractivity contribution in [3.05, 3.63) is 59.2 Å². The van der Waals surface area contributed by atoms with E-state index in [1.165, 1.54) is 12.1 Å². The molecule has 1 aliphatic heterocycles. The molecule has 3 heterocycles. The van der Waals surface area contributed by atoms with Crippen LogP contribution in [0.15, 0.2) is 36.4 Å². The monoisotopic (exact) mass is 457 g/mol. The average molecular weight is 458 g/mol. The topological polar surface area (TPSA) is 130 Å². The van der Waals surface area contributed by atoms with Crippen LogP contribution in [0.2, 0.25) is 0 Å². The Morgan fingerprint density at radius 3 is 1.55 bits per heavy atom. The summed E-state index contributed by atoms with van der Waals surface area (Å²) in [5.41, 5.74) is 1.48. The van der Waals surface area contributed by atoms with Gasteiger partial charge in [-0.05, 0) is 30.7 Å². The standard InChI is InChI=1S/C23H31N5O5/c29-15-3-8-26-9-11-27(16-18-4-1-6-20(24-18)22(30)31)13-14-28(12-10-26)17-19-5-2-7-21(25-19)23(32)33/h1-2,4-7,29H,3,8-17H2,(H,30,31)(H,32,33). The Balaban J connectivity index is 1.72. The van der Waals surface area contributed by atoms with Crippen molar-refractivity contribution in [1.29, 1.82) is 0 Å². The molecule has 0 unspecified atom stereocenters. The number of aliphatic hydroxyl groups excluding tert-OH is 1. The van der Waals surface area contributed by atoms with Crippen LogP contribution in [-0.4, -0.2) is 104 Å². The summed E-state index contributed by atoms with van der Waals surface area (Å²) in [6, 6.07) is 10.1. The Kier molecular flexibility index (Phi) is 9.25. The highest BCUT2D eigenvalue weighted by atomic mass is 16.4. The number of pyridine rings is 2. The lowest BCUT2D eigenvalue weighted by Crippen LogP contribution is -2.36. The number of nitrogens with zero attached hydrogens (tertiary/aromatic N) is 5. The molecule has 3 N–H and O–H groups in total. The van der Waals surface area contributed by atoms with Crippen LogP contribution in [0.4, 0.5) is 0 Å². The van der Waals surface area contributed by atoms with Crippen molar-refractivity contribution in [2.45, 2.75) is 19.5 Å². The Labute approximate surface area is 193 Å². The minimum atomic E-state index is -1.04. The molecule has 1 saturated heterocycles. The summed E-state index contributed by atoms with van der Waals surface area (Å²) in [6.07, 6.45) is 0.699. The number of carboxylic acids is 2. The molecule has 0 spiro atoms. The number of aliphatic hydroxyl groups is 1. The van der Waals surface area contributed by atoms with Crippen molar-refractivity contribution in [1.82, 2.24) is 24.7 Å². The van der Waals surface area contributed by atoms with Crippen LogP contribution < -0.4 is 0 Å². The summed E-state index contributed by atoms with van der Waals surface area (Å²) >= 11 is 0. The van der Waals surface area contributed by atoms with E-state index in [1.54, 1.807) is 12.1 Å². The van der Waals surface area contributed by atoms with Crippen LogP contribution in [0, 0.1) is 0 Å². The third-order valence-corrected chi connectivity index (χ3v) is 5.65. The maximum Gasteiger partial charge on any atom is 0.354 e. The Morgan fingerprint density at radius 2 is 1.15 bits per heavy atom. The minimum Gasteiger partial charge on any atom is -0.477 e. The molecule has 0 amide bonds. The molecule has 1 fully saturated rings. The lowest BCUT2D eigenvalue weighted by molar-refractivity contribution is 0.0679. The summed E-state index contributed by atoms with van der Waals surface area (Å²) < 4.78 is 0. The van der Waals surface area contributed by atoms with E-state index in [9.17, 15) is 24.9 Å². The predicted molar refractivity (Wildman–Crippen MR) is 121 cm³/mol. The summed E-state index contributed by atoms with van der Waals surface area (Å²) in [5.74, 6) is -2.09. The summed E-state index contributed by atoms with van der Waals surface area (Å²) in [6.45, 7) is 6.77. The zero-order valence-corrected chi connectivity index (χ0v) is 18.6. The lowest BCUT2D eigenvalue weighted by Gasteiger charge is -2.25. The molecule has 10 nitrogen and oxygen atoms in total. The average Bonchev–Trinajstić information content (AvgIpc) is 2.89. The van der Waals surface area contributed by atoms with Crippen molar-refractivity contribution < 1.29 is 24.9 Å². The molecular formula is C23H31N5O5. The largest absolute Gasteiger partial charge is 0.477 e. The lowest BCUT2D eigenvalue weighted by atomic mass is 10.2. The van der Waals surface area contributed by atoms with Crippen LogP contribution in [0.5, 0.6) is 0 Å². The fourth-order valence-electron chi connectivity index (χ4n) is 3.85. The van der Waals surface area contributed by atoms with Gasteiger partial charge in [0.15, 0.2) is 0 Å². The van der Waals surface area contributed by atoms with Crippen molar-refractivity contribution in [2.75, 3.05) is 52.4 Å². The molecule has 0 saturated carbocycles. The molecular weight excluding hydrogens is 426 g/mol. The van der Waals surface area contributed by atoms with E-state index in [0.29, 0.717) is 30.9 Å². The third-order valence-electron chi connectivity index (χ3n) is 5.65. The highest BCUT2D eigenvalue weighted by Crippen LogP contribution is 2.10. The second-order valence-corrected chi connectivity index (χ2v) is 8.11. The normalized spacial score (nSPS) is 16.6. The van der Waals surface area contributed by atoms with Crippen LogP contribution in [0.1, 0.15) is 38.8 Å². The molecule has 1 aliphatic rings. The summed E-state index contributed by atoms with van der Waals surface area (Å²) in [7, 11) is 0. The van der Waals surface area contributed by atoms with E-state index >= 15 is 0 Å². The van der Waals surface area contributed by atoms with E-state index in [4.69, 9.17) is 0 Å². The Bertz CT molecular complexity index is 869. The van der Waals surface area contributed by atoms with Gasteiger partial charge in [-0.15, -0.1) is 0 Å². The fraction of sp³-hybridized carbons (Fsp3) is 0.478. The van der Waals surface area contributed by atoms with Crippen LogP contribution >= 0.6 is 0 Å². The minimum absolute atomic E-state index is 0.0346. The smallest absolute Gasteiger partial charge is 0.354 e. The van der Waals surface area contributed by atoms with Gasteiger partial charge in [0.05, 0.1) is 11.4 Å². The summed E-state index contributed by atoms with van der Waals surface area (Å²) in [4.78, 5) is 37.9. The first-order chi connectivity index (χ1) is 15.9. The zero-order chi connectivity index (χ0) is 23.6. The van der Waals surface area contributed by atoms with E-state index < -0.39 is 11.9 Å². The van der Waals surface area contributed by atoms with Crippen molar-refractivity contribution in [3.63, 3.8) is 0 Å². The summed E-state index contributed by atoms with van der Waals surface area (Å²) in [5, 5.41) is 27.7. The molecule has 0 aliphatic carbocycles. The first-order valence-corrected chi connectivity index (χ1v) is 11.1. The van der Waals surface area contributed by atoms with Gasteiger partial charge in [-0.1, -0.05) is 12.1 Å². The second-order valence-electron chi connectivity index (χ2n) is 8.11. The maximum atomic E-state index is 11.3. The fourth-order valence-corrected chi connectivity index (χ4v) is 3.85. The van der Waals surface area contributed by atoms with Gasteiger partial charge in [0.1, 0.15) is 11.4 Å². The van der Waals surface area contributed by atoms with E-state index in [2.05, 4.69) is 24.7 Å². The molecule has 2 aromatic rings. The van der Waals surface area contributed by atoms with E-state index in [0.717, 1.165) is 45.8 Å². The molecule has 0 aromatic carbocycles. The molecule has 178 valence electrons. The van der Waals surface area contributed by atoms with Gasteiger partial charge in [0.2, 0.25) is 0 Å². The number of hydrogen-bond donors (Lipinski definition) is 3. The zero-order valence-electron chi connectivity index (χ0n) is 18.6.